The Morgan fingerprint density at radius 3 is 2.68 bits per heavy atom. The quantitative estimate of drug-likeness (QED) is 0.808. The van der Waals surface area contributed by atoms with E-state index in [1.165, 1.54) is 0 Å². The van der Waals surface area contributed by atoms with Crippen LogP contribution in [0.2, 0.25) is 5.15 Å². The maximum Gasteiger partial charge on any atom is 0.310 e. The first kappa shape index (κ1) is 13.6. The van der Waals surface area contributed by atoms with Crippen LogP contribution in [0.25, 0.3) is 5.69 Å². The monoisotopic (exact) mass is 278 g/mol. The van der Waals surface area contributed by atoms with Crippen molar-refractivity contribution in [3.63, 3.8) is 0 Å². The van der Waals surface area contributed by atoms with Crippen molar-refractivity contribution in [3.8, 4) is 5.69 Å². The molecule has 1 heterocycles. The lowest BCUT2D eigenvalue weighted by Crippen LogP contribution is -2.08. The lowest BCUT2D eigenvalue weighted by atomic mass is 10.2. The van der Waals surface area contributed by atoms with Crippen molar-refractivity contribution in [1.29, 1.82) is 0 Å². The lowest BCUT2D eigenvalue weighted by Gasteiger charge is -2.03. The first-order chi connectivity index (χ1) is 9.13. The topological polar surface area (TPSA) is 44.1 Å². The second-order valence-electron chi connectivity index (χ2n) is 4.08. The van der Waals surface area contributed by atoms with E-state index in [0.717, 1.165) is 11.4 Å². The van der Waals surface area contributed by atoms with Crippen LogP contribution in [-0.4, -0.2) is 22.4 Å². The molecule has 0 aliphatic heterocycles. The molecule has 5 heteroatoms. The van der Waals surface area contributed by atoms with E-state index in [0.29, 0.717) is 17.3 Å². The third kappa shape index (κ3) is 2.96. The molecule has 0 unspecified atom stereocenters. The molecule has 0 aliphatic rings. The highest BCUT2D eigenvalue weighted by molar-refractivity contribution is 6.30. The van der Waals surface area contributed by atoms with Crippen LogP contribution in [-0.2, 0) is 16.0 Å². The smallest absolute Gasteiger partial charge is 0.310 e. The minimum Gasteiger partial charge on any atom is -0.466 e. The molecule has 0 N–H and O–H groups in total. The molecule has 0 saturated carbocycles. The average Bonchev–Trinajstić information content (AvgIpc) is 2.68. The number of hydrogen-bond donors (Lipinski definition) is 0. The Labute approximate surface area is 116 Å². The Kier molecular flexibility index (Phi) is 4.22. The van der Waals surface area contributed by atoms with Crippen molar-refractivity contribution < 1.29 is 9.53 Å². The molecule has 0 fully saturated rings. The van der Waals surface area contributed by atoms with Gasteiger partial charge in [0.15, 0.2) is 0 Å². The number of carbonyl (C=O) groups is 1. The van der Waals surface area contributed by atoms with Gasteiger partial charge in [-0.1, -0.05) is 29.8 Å². The number of nitrogens with zero attached hydrogens (tertiary/aromatic N) is 2. The Bertz CT molecular complexity index is 579. The maximum absolute atomic E-state index is 11.5. The Balaban J connectivity index is 2.33. The fourth-order valence-electron chi connectivity index (χ4n) is 1.83. The third-order valence-corrected chi connectivity index (χ3v) is 3.14. The number of hydrogen-bond acceptors (Lipinski definition) is 3. The molecule has 100 valence electrons. The van der Waals surface area contributed by atoms with Gasteiger partial charge in [0.25, 0.3) is 0 Å². The maximum atomic E-state index is 11.5. The fraction of sp³-hybridized carbons (Fsp3) is 0.286. The van der Waals surface area contributed by atoms with Crippen LogP contribution >= 0.6 is 11.6 Å². The van der Waals surface area contributed by atoms with Gasteiger partial charge in [0.1, 0.15) is 5.15 Å². The van der Waals surface area contributed by atoms with Gasteiger partial charge in [-0.2, -0.15) is 5.10 Å². The van der Waals surface area contributed by atoms with Crippen LogP contribution in [0.15, 0.2) is 30.3 Å². The summed E-state index contributed by atoms with van der Waals surface area (Å²) in [6.07, 6.45) is 0.144. The fourth-order valence-corrected chi connectivity index (χ4v) is 2.17. The number of esters is 1. The summed E-state index contributed by atoms with van der Waals surface area (Å²) in [5.74, 6) is -0.292. The molecule has 0 bridgehead atoms. The van der Waals surface area contributed by atoms with Gasteiger partial charge in [0.05, 0.1) is 24.4 Å². The van der Waals surface area contributed by atoms with E-state index in [9.17, 15) is 4.79 Å². The first-order valence-electron chi connectivity index (χ1n) is 6.08. The van der Waals surface area contributed by atoms with Crippen molar-refractivity contribution in [2.75, 3.05) is 6.61 Å². The number of aryl methyl sites for hydroxylation is 1. The van der Waals surface area contributed by atoms with Crippen molar-refractivity contribution >= 4 is 17.6 Å². The van der Waals surface area contributed by atoms with Crippen molar-refractivity contribution in [2.24, 2.45) is 0 Å². The van der Waals surface area contributed by atoms with Gasteiger partial charge in [-0.05, 0) is 26.0 Å². The summed E-state index contributed by atoms with van der Waals surface area (Å²) < 4.78 is 6.57. The van der Waals surface area contributed by atoms with E-state index in [-0.39, 0.29) is 12.4 Å². The summed E-state index contributed by atoms with van der Waals surface area (Å²) in [4.78, 5) is 11.5. The van der Waals surface area contributed by atoms with E-state index in [1.54, 1.807) is 11.6 Å². The molecule has 2 aromatic rings. The summed E-state index contributed by atoms with van der Waals surface area (Å²) >= 11 is 6.30. The average molecular weight is 279 g/mol. The predicted octanol–water partition coefficient (Wildman–Crippen LogP) is 2.94. The molecule has 2 rings (SSSR count). The Morgan fingerprint density at radius 1 is 1.37 bits per heavy atom. The normalized spacial score (nSPS) is 10.5. The summed E-state index contributed by atoms with van der Waals surface area (Å²) in [7, 11) is 0. The minimum atomic E-state index is -0.292. The molecule has 4 nitrogen and oxygen atoms in total. The first-order valence-corrected chi connectivity index (χ1v) is 6.46. The number of ether oxygens (including phenoxy) is 1. The van der Waals surface area contributed by atoms with Crippen LogP contribution in [0.5, 0.6) is 0 Å². The van der Waals surface area contributed by atoms with E-state index in [4.69, 9.17) is 16.3 Å². The Morgan fingerprint density at radius 2 is 2.05 bits per heavy atom. The number of para-hydroxylation sites is 1. The number of halogens is 1. The highest BCUT2D eigenvalue weighted by Gasteiger charge is 2.17. The second kappa shape index (κ2) is 5.89. The van der Waals surface area contributed by atoms with Crippen molar-refractivity contribution in [3.05, 3.63) is 46.7 Å². The van der Waals surface area contributed by atoms with Crippen LogP contribution < -0.4 is 0 Å². The summed E-state index contributed by atoms with van der Waals surface area (Å²) in [5.41, 5.74) is 2.32. The van der Waals surface area contributed by atoms with E-state index >= 15 is 0 Å². The molecular formula is C14H15ClN2O2. The van der Waals surface area contributed by atoms with Gasteiger partial charge >= 0.3 is 5.97 Å². The third-order valence-electron chi connectivity index (χ3n) is 2.75. The van der Waals surface area contributed by atoms with E-state index < -0.39 is 0 Å². The zero-order valence-electron chi connectivity index (χ0n) is 10.9. The summed E-state index contributed by atoms with van der Waals surface area (Å²) in [6.45, 7) is 3.97. The zero-order valence-corrected chi connectivity index (χ0v) is 11.6. The molecular weight excluding hydrogens is 264 g/mol. The molecule has 19 heavy (non-hydrogen) atoms. The number of benzene rings is 1. The molecule has 0 spiro atoms. The van der Waals surface area contributed by atoms with Crippen LogP contribution in [0.3, 0.4) is 0 Å². The lowest BCUT2D eigenvalue weighted by molar-refractivity contribution is -0.142. The van der Waals surface area contributed by atoms with Crippen LogP contribution in [0.1, 0.15) is 18.2 Å². The van der Waals surface area contributed by atoms with Crippen LogP contribution in [0.4, 0.5) is 0 Å². The number of rotatable bonds is 4. The van der Waals surface area contributed by atoms with Gasteiger partial charge in [0.2, 0.25) is 0 Å². The number of carbonyl (C=O) groups excluding carboxylic acids is 1. The molecule has 0 saturated heterocycles. The van der Waals surface area contributed by atoms with E-state index in [2.05, 4.69) is 5.10 Å². The Hall–Kier alpha value is -1.81. The predicted molar refractivity (Wildman–Crippen MR) is 73.6 cm³/mol. The van der Waals surface area contributed by atoms with Crippen molar-refractivity contribution in [2.45, 2.75) is 20.3 Å². The molecule has 0 radical (unpaired) electrons. The highest BCUT2D eigenvalue weighted by Crippen LogP contribution is 2.24. The van der Waals surface area contributed by atoms with Gasteiger partial charge in [-0.25, -0.2) is 4.68 Å². The van der Waals surface area contributed by atoms with Crippen LogP contribution in [0, 0.1) is 6.92 Å². The highest BCUT2D eigenvalue weighted by atomic mass is 35.5. The molecule has 1 aromatic carbocycles. The van der Waals surface area contributed by atoms with E-state index in [1.807, 2.05) is 37.3 Å². The molecule has 0 atom stereocenters. The SMILES string of the molecule is CCOC(=O)Cc1c(C)nn(-c2ccccc2)c1Cl. The zero-order chi connectivity index (χ0) is 13.8. The summed E-state index contributed by atoms with van der Waals surface area (Å²) in [6, 6.07) is 9.56. The second-order valence-corrected chi connectivity index (χ2v) is 4.44. The molecule has 0 amide bonds. The molecule has 1 aromatic heterocycles. The molecule has 0 aliphatic carbocycles. The largest absolute Gasteiger partial charge is 0.466 e. The summed E-state index contributed by atoms with van der Waals surface area (Å²) in [5, 5.41) is 4.83. The standard InChI is InChI=1S/C14H15ClN2O2/c1-3-19-13(18)9-12-10(2)16-17(14(12)15)11-7-5-4-6-8-11/h4-8H,3,9H2,1-2H3. The van der Waals surface area contributed by atoms with Gasteiger partial charge in [0, 0.05) is 5.56 Å². The van der Waals surface area contributed by atoms with Gasteiger partial charge < -0.3 is 4.74 Å². The van der Waals surface area contributed by atoms with Gasteiger partial charge in [-0.3, -0.25) is 4.79 Å². The van der Waals surface area contributed by atoms with Crippen molar-refractivity contribution in [1.82, 2.24) is 9.78 Å². The number of aromatic nitrogens is 2. The minimum absolute atomic E-state index is 0.144. The van der Waals surface area contributed by atoms with Gasteiger partial charge in [-0.15, -0.1) is 0 Å².